The molecule has 14 heteroatoms. The van der Waals surface area contributed by atoms with Gasteiger partial charge in [0.1, 0.15) is 18.0 Å². The average Bonchev–Trinajstić information content (AvgIpc) is 3.62. The minimum Gasteiger partial charge on any atom is -0.340 e. The topological polar surface area (TPSA) is 136 Å². The van der Waals surface area contributed by atoms with Gasteiger partial charge in [-0.25, -0.2) is 14.4 Å². The van der Waals surface area contributed by atoms with Gasteiger partial charge < -0.3 is 14.9 Å². The number of halogens is 3. The standard InChI is InChI=1S/C26H20ClF2N9O2/c1-13(39)32-21-8-5-16(25(29)34-21)18-11-30-26(33-18)20-4-2-3-15-9-14(10-22(40)38(15)20)23-19(37-12-31-35-36-37)7-6-17(27)24(23)28/h5-12,20H,2-4H2,1H3,(H,30,33)(H,32,34,39). The number of amides is 1. The Balaban J connectivity index is 1.38. The number of rotatable bonds is 5. The summed E-state index contributed by atoms with van der Waals surface area (Å²) in [5, 5.41) is 13.4. The Morgan fingerprint density at radius 1 is 1.20 bits per heavy atom. The Morgan fingerprint density at radius 3 is 2.80 bits per heavy atom. The van der Waals surface area contributed by atoms with Crippen LogP contribution in [0, 0.1) is 11.8 Å². The monoisotopic (exact) mass is 563 g/mol. The highest BCUT2D eigenvalue weighted by Crippen LogP contribution is 2.36. The molecule has 0 aliphatic carbocycles. The lowest BCUT2D eigenvalue weighted by Gasteiger charge is -2.27. The summed E-state index contributed by atoms with van der Waals surface area (Å²) in [5.41, 5.74) is 1.65. The van der Waals surface area contributed by atoms with E-state index in [1.165, 1.54) is 48.4 Å². The molecule has 2 N–H and O–H groups in total. The van der Waals surface area contributed by atoms with E-state index in [1.54, 1.807) is 16.7 Å². The maximum atomic E-state index is 15.3. The van der Waals surface area contributed by atoms with Gasteiger partial charge in [0.15, 0.2) is 5.82 Å². The van der Waals surface area contributed by atoms with Gasteiger partial charge >= 0.3 is 0 Å². The third-order valence-electron chi connectivity index (χ3n) is 6.68. The van der Waals surface area contributed by atoms with E-state index < -0.39 is 17.8 Å². The van der Waals surface area contributed by atoms with Gasteiger partial charge in [-0.05, 0) is 65.6 Å². The molecule has 5 aromatic rings. The van der Waals surface area contributed by atoms with Crippen LogP contribution in [0.1, 0.15) is 37.3 Å². The fourth-order valence-electron chi connectivity index (χ4n) is 5.00. The Bertz CT molecular complexity index is 1820. The average molecular weight is 564 g/mol. The number of tetrazole rings is 1. The maximum Gasteiger partial charge on any atom is 0.252 e. The number of benzene rings is 1. The van der Waals surface area contributed by atoms with Crippen molar-refractivity contribution in [1.29, 1.82) is 0 Å². The summed E-state index contributed by atoms with van der Waals surface area (Å²) in [7, 11) is 0. The predicted molar refractivity (Wildman–Crippen MR) is 141 cm³/mol. The normalized spacial score (nSPS) is 14.7. The maximum absolute atomic E-state index is 15.3. The molecule has 1 amide bonds. The van der Waals surface area contributed by atoms with E-state index in [9.17, 15) is 14.0 Å². The first kappa shape index (κ1) is 25.5. The first-order valence-corrected chi connectivity index (χ1v) is 12.6. The van der Waals surface area contributed by atoms with Crippen molar-refractivity contribution in [1.82, 2.24) is 39.7 Å². The second-order valence-electron chi connectivity index (χ2n) is 9.26. The van der Waals surface area contributed by atoms with Crippen molar-refractivity contribution in [3.63, 3.8) is 0 Å². The van der Waals surface area contributed by atoms with Crippen LogP contribution in [0.4, 0.5) is 14.6 Å². The number of carbonyl (C=O) groups is 1. The Labute approximate surface area is 229 Å². The van der Waals surface area contributed by atoms with Crippen molar-refractivity contribution in [3.8, 4) is 28.1 Å². The number of hydrogen-bond donors (Lipinski definition) is 2. The zero-order valence-electron chi connectivity index (χ0n) is 20.9. The molecule has 0 saturated heterocycles. The number of hydrogen-bond acceptors (Lipinski definition) is 7. The van der Waals surface area contributed by atoms with Crippen LogP contribution in [0.3, 0.4) is 0 Å². The summed E-state index contributed by atoms with van der Waals surface area (Å²) < 4.78 is 33.0. The molecule has 1 aliphatic rings. The Hall–Kier alpha value is -4.78. The number of nitrogens with one attached hydrogen (secondary N) is 2. The van der Waals surface area contributed by atoms with Gasteiger partial charge in [-0.2, -0.15) is 9.07 Å². The molecule has 1 aliphatic heterocycles. The molecule has 0 saturated carbocycles. The minimum absolute atomic E-state index is 0.0939. The molecule has 1 unspecified atom stereocenters. The number of pyridine rings is 2. The van der Waals surface area contributed by atoms with Gasteiger partial charge in [0.2, 0.25) is 11.9 Å². The number of H-pyrrole nitrogens is 1. The lowest BCUT2D eigenvalue weighted by Crippen LogP contribution is -2.32. The number of aryl methyl sites for hydroxylation is 1. The van der Waals surface area contributed by atoms with Crippen LogP contribution in [-0.2, 0) is 11.2 Å². The zero-order valence-corrected chi connectivity index (χ0v) is 21.7. The van der Waals surface area contributed by atoms with E-state index in [1.807, 2.05) is 0 Å². The third kappa shape index (κ3) is 4.53. The van der Waals surface area contributed by atoms with Crippen molar-refractivity contribution in [2.24, 2.45) is 0 Å². The smallest absolute Gasteiger partial charge is 0.252 e. The number of fused-ring (bicyclic) bond motifs is 1. The summed E-state index contributed by atoms with van der Waals surface area (Å²) >= 11 is 6.10. The summed E-state index contributed by atoms with van der Waals surface area (Å²) in [6.45, 7) is 1.31. The Kier molecular flexibility index (Phi) is 6.42. The fourth-order valence-corrected chi connectivity index (χ4v) is 5.15. The van der Waals surface area contributed by atoms with Crippen molar-refractivity contribution < 1.29 is 13.6 Å². The van der Waals surface area contributed by atoms with E-state index >= 15 is 4.39 Å². The molecule has 0 spiro atoms. The van der Waals surface area contributed by atoms with E-state index in [2.05, 4.69) is 35.8 Å². The lowest BCUT2D eigenvalue weighted by atomic mass is 9.96. The van der Waals surface area contributed by atoms with Gasteiger partial charge in [0.05, 0.1) is 34.2 Å². The lowest BCUT2D eigenvalue weighted by molar-refractivity contribution is -0.114. The number of aromatic nitrogens is 8. The minimum atomic E-state index is -0.783. The molecule has 4 aromatic heterocycles. The van der Waals surface area contributed by atoms with E-state index in [-0.39, 0.29) is 33.4 Å². The number of anilines is 1. The summed E-state index contributed by atoms with van der Waals surface area (Å²) in [5.74, 6) is -1.27. The molecule has 40 heavy (non-hydrogen) atoms. The van der Waals surface area contributed by atoms with E-state index in [0.717, 1.165) is 6.42 Å². The molecule has 11 nitrogen and oxygen atoms in total. The van der Waals surface area contributed by atoms with Crippen LogP contribution in [0.25, 0.3) is 28.1 Å². The summed E-state index contributed by atoms with van der Waals surface area (Å²) in [6.07, 6.45) is 4.74. The highest BCUT2D eigenvalue weighted by Gasteiger charge is 2.27. The number of imidazole rings is 1. The van der Waals surface area contributed by atoms with Crippen LogP contribution in [0.2, 0.25) is 5.02 Å². The molecule has 1 aromatic carbocycles. The van der Waals surface area contributed by atoms with Crippen molar-refractivity contribution in [3.05, 3.63) is 87.6 Å². The molecule has 6 rings (SSSR count). The third-order valence-corrected chi connectivity index (χ3v) is 6.97. The van der Waals surface area contributed by atoms with Crippen molar-refractivity contribution in [2.75, 3.05) is 5.32 Å². The largest absolute Gasteiger partial charge is 0.340 e. The van der Waals surface area contributed by atoms with Crippen molar-refractivity contribution in [2.45, 2.75) is 32.2 Å². The second kappa shape index (κ2) is 10.1. The zero-order chi connectivity index (χ0) is 28.0. The molecule has 0 bridgehead atoms. The molecule has 202 valence electrons. The van der Waals surface area contributed by atoms with Crippen LogP contribution in [-0.4, -0.2) is 45.6 Å². The summed E-state index contributed by atoms with van der Waals surface area (Å²) in [6, 6.07) is 8.61. The number of carbonyl (C=O) groups excluding carboxylic acids is 1. The van der Waals surface area contributed by atoms with Gasteiger partial charge in [-0.15, -0.1) is 5.10 Å². The first-order valence-electron chi connectivity index (χ1n) is 12.3. The van der Waals surface area contributed by atoms with Crippen LogP contribution in [0.15, 0.2) is 53.7 Å². The fraction of sp³-hybridized carbons (Fsp3) is 0.192. The SMILES string of the molecule is CC(=O)Nc1ccc(-c2cnc(C3CCCc4cc(-c5c(-n6cnnn6)ccc(Cl)c5F)cc(=O)n43)[nH]2)c(F)n1. The predicted octanol–water partition coefficient (Wildman–Crippen LogP) is 4.09. The highest BCUT2D eigenvalue weighted by atomic mass is 35.5. The quantitative estimate of drug-likeness (QED) is 0.307. The molecule has 0 fully saturated rings. The Morgan fingerprint density at radius 2 is 2.05 bits per heavy atom. The molecule has 1 atom stereocenters. The molecule has 5 heterocycles. The van der Waals surface area contributed by atoms with Crippen LogP contribution < -0.4 is 10.9 Å². The first-order chi connectivity index (χ1) is 19.3. The van der Waals surface area contributed by atoms with E-state index in [4.69, 9.17) is 11.6 Å². The number of nitrogens with zero attached hydrogens (tertiary/aromatic N) is 7. The van der Waals surface area contributed by atoms with Gasteiger partial charge in [0.25, 0.3) is 5.56 Å². The molecule has 0 radical (unpaired) electrons. The number of aromatic amines is 1. The second-order valence-corrected chi connectivity index (χ2v) is 9.67. The summed E-state index contributed by atoms with van der Waals surface area (Å²) in [4.78, 5) is 36.1. The van der Waals surface area contributed by atoms with Gasteiger partial charge in [0, 0.05) is 24.2 Å². The van der Waals surface area contributed by atoms with Crippen LogP contribution in [0.5, 0.6) is 0 Å². The van der Waals surface area contributed by atoms with Gasteiger partial charge in [-0.1, -0.05) is 11.6 Å². The highest BCUT2D eigenvalue weighted by molar-refractivity contribution is 6.31. The van der Waals surface area contributed by atoms with Crippen molar-refractivity contribution >= 4 is 23.3 Å². The molecular weight excluding hydrogens is 544 g/mol. The van der Waals surface area contributed by atoms with Gasteiger partial charge in [-0.3, -0.25) is 9.59 Å². The van der Waals surface area contributed by atoms with E-state index in [0.29, 0.717) is 41.3 Å². The van der Waals surface area contributed by atoms with Crippen LogP contribution >= 0.6 is 11.6 Å². The molecular formula is C26H20ClF2N9O2.